The van der Waals surface area contributed by atoms with Gasteiger partial charge < -0.3 is 10.2 Å². The number of hydrogen-bond acceptors (Lipinski definition) is 2. The van der Waals surface area contributed by atoms with Gasteiger partial charge in [-0.25, -0.2) is 0 Å². The van der Waals surface area contributed by atoms with Crippen molar-refractivity contribution < 1.29 is 4.79 Å². The van der Waals surface area contributed by atoms with Gasteiger partial charge in [-0.2, -0.15) is 0 Å². The summed E-state index contributed by atoms with van der Waals surface area (Å²) in [5.41, 5.74) is 5.03. The Hall–Kier alpha value is -1.42. The number of aryl methyl sites for hydroxylation is 1. The summed E-state index contributed by atoms with van der Waals surface area (Å²) >= 11 is 13.0. The van der Waals surface area contributed by atoms with E-state index < -0.39 is 0 Å². The van der Waals surface area contributed by atoms with Crippen LogP contribution in [-0.2, 0) is 11.2 Å². The summed E-state index contributed by atoms with van der Waals surface area (Å²) in [5.74, 6) is 0.00583. The fourth-order valence-electron chi connectivity index (χ4n) is 3.82. The van der Waals surface area contributed by atoms with Crippen LogP contribution in [0.3, 0.4) is 0 Å². The Bertz CT molecular complexity index is 831. The molecular formula is C22H27Cl3N2O. The molecule has 6 heteroatoms. The first-order valence-electron chi connectivity index (χ1n) is 9.46. The molecule has 1 fully saturated rings. The molecule has 3 rings (SSSR count). The molecule has 1 amide bonds. The van der Waals surface area contributed by atoms with E-state index in [2.05, 4.69) is 41.4 Å². The molecule has 0 saturated carbocycles. The Labute approximate surface area is 183 Å². The summed E-state index contributed by atoms with van der Waals surface area (Å²) in [6, 6.07) is 10.7. The third kappa shape index (κ3) is 5.14. The van der Waals surface area contributed by atoms with Crippen molar-refractivity contribution in [3.8, 4) is 0 Å². The number of anilines is 2. The van der Waals surface area contributed by atoms with E-state index in [4.69, 9.17) is 23.2 Å². The van der Waals surface area contributed by atoms with Crippen LogP contribution >= 0.6 is 35.6 Å². The largest absolute Gasteiger partial charge is 0.372 e. The molecule has 152 valence electrons. The number of amides is 1. The molecule has 0 unspecified atom stereocenters. The second kappa shape index (κ2) is 9.87. The van der Waals surface area contributed by atoms with Crippen LogP contribution in [0.25, 0.3) is 0 Å². The molecule has 2 aromatic carbocycles. The fourth-order valence-corrected chi connectivity index (χ4v) is 4.41. The van der Waals surface area contributed by atoms with E-state index in [1.165, 1.54) is 31.0 Å². The van der Waals surface area contributed by atoms with E-state index in [9.17, 15) is 4.79 Å². The topological polar surface area (TPSA) is 32.3 Å². The smallest absolute Gasteiger partial charge is 0.221 e. The number of hydrogen-bond donors (Lipinski definition) is 1. The van der Waals surface area contributed by atoms with Gasteiger partial charge in [-0.3, -0.25) is 4.79 Å². The number of carbonyl (C=O) groups excluding carboxylic acids is 1. The highest BCUT2D eigenvalue weighted by Crippen LogP contribution is 2.40. The lowest BCUT2D eigenvalue weighted by atomic mass is 9.91. The maximum Gasteiger partial charge on any atom is 0.221 e. The van der Waals surface area contributed by atoms with Crippen molar-refractivity contribution in [2.45, 2.75) is 46.0 Å². The Morgan fingerprint density at radius 1 is 1.14 bits per heavy atom. The van der Waals surface area contributed by atoms with Crippen LogP contribution in [0.2, 0.25) is 10.0 Å². The number of nitrogens with zero attached hydrogens (tertiary/aromatic N) is 1. The molecule has 0 aliphatic carbocycles. The van der Waals surface area contributed by atoms with E-state index in [1.54, 1.807) is 0 Å². The van der Waals surface area contributed by atoms with Crippen molar-refractivity contribution >= 4 is 52.9 Å². The number of halogens is 3. The maximum absolute atomic E-state index is 11.6. The summed E-state index contributed by atoms with van der Waals surface area (Å²) in [6.07, 6.45) is 3.38. The Balaban J connectivity index is 0.00000280. The van der Waals surface area contributed by atoms with E-state index in [0.717, 1.165) is 36.3 Å². The summed E-state index contributed by atoms with van der Waals surface area (Å²) in [5, 5.41) is 3.99. The average Bonchev–Trinajstić information content (AvgIpc) is 3.14. The summed E-state index contributed by atoms with van der Waals surface area (Å²) in [4.78, 5) is 14.1. The average molecular weight is 442 g/mol. The normalized spacial score (nSPS) is 14.5. The third-order valence-electron chi connectivity index (χ3n) is 5.18. The Kier molecular flexibility index (Phi) is 8.06. The quantitative estimate of drug-likeness (QED) is 0.565. The zero-order valence-corrected chi connectivity index (χ0v) is 18.8. The molecule has 1 saturated heterocycles. The van der Waals surface area contributed by atoms with E-state index in [-0.39, 0.29) is 24.2 Å². The van der Waals surface area contributed by atoms with Crippen molar-refractivity contribution in [1.29, 1.82) is 0 Å². The second-order valence-electron chi connectivity index (χ2n) is 7.43. The van der Waals surface area contributed by atoms with Gasteiger partial charge in [0.2, 0.25) is 5.91 Å². The van der Waals surface area contributed by atoms with Crippen molar-refractivity contribution in [3.63, 3.8) is 0 Å². The van der Waals surface area contributed by atoms with Gasteiger partial charge in [0.25, 0.3) is 0 Å². The first-order chi connectivity index (χ1) is 12.9. The minimum absolute atomic E-state index is 0. The second-order valence-corrected chi connectivity index (χ2v) is 8.19. The molecule has 0 aromatic heterocycles. The standard InChI is InChI=1S/C22H26Cl2N2O.ClH/c1-14(12-17-6-8-18(9-7-17)26-10-4-5-11-26)20-19(25-16(3)27)13-15(2)21(23)22(20)24;/h6-9,13-14H,4-5,10-12H2,1-3H3,(H,25,27);1H/t14-;/m0./s1. The summed E-state index contributed by atoms with van der Waals surface area (Å²) in [6.45, 7) is 7.81. The van der Waals surface area contributed by atoms with Gasteiger partial charge in [0.1, 0.15) is 0 Å². The fraction of sp³-hybridized carbons (Fsp3) is 0.409. The molecule has 1 atom stereocenters. The number of nitrogens with one attached hydrogen (secondary N) is 1. The molecule has 2 aromatic rings. The molecule has 0 spiro atoms. The van der Waals surface area contributed by atoms with Gasteiger partial charge in [0.15, 0.2) is 0 Å². The van der Waals surface area contributed by atoms with Crippen LogP contribution in [-0.4, -0.2) is 19.0 Å². The van der Waals surface area contributed by atoms with Gasteiger partial charge in [-0.05, 0) is 67.0 Å². The number of rotatable bonds is 5. The summed E-state index contributed by atoms with van der Waals surface area (Å²) in [7, 11) is 0. The highest BCUT2D eigenvalue weighted by Gasteiger charge is 2.20. The highest BCUT2D eigenvalue weighted by atomic mass is 35.5. The van der Waals surface area contributed by atoms with Crippen LogP contribution in [0.4, 0.5) is 11.4 Å². The van der Waals surface area contributed by atoms with Crippen LogP contribution < -0.4 is 10.2 Å². The lowest BCUT2D eigenvalue weighted by Crippen LogP contribution is -2.17. The van der Waals surface area contributed by atoms with Crippen LogP contribution in [0, 0.1) is 6.92 Å². The molecular weight excluding hydrogens is 415 g/mol. The first-order valence-corrected chi connectivity index (χ1v) is 10.2. The Morgan fingerprint density at radius 3 is 2.32 bits per heavy atom. The minimum Gasteiger partial charge on any atom is -0.372 e. The van der Waals surface area contributed by atoms with Crippen molar-refractivity contribution in [2.24, 2.45) is 0 Å². The predicted molar refractivity (Wildman–Crippen MR) is 123 cm³/mol. The molecule has 1 N–H and O–H groups in total. The Morgan fingerprint density at radius 2 is 1.75 bits per heavy atom. The van der Waals surface area contributed by atoms with Crippen molar-refractivity contribution in [1.82, 2.24) is 0 Å². The lowest BCUT2D eigenvalue weighted by molar-refractivity contribution is -0.114. The predicted octanol–water partition coefficient (Wildman–Crippen LogP) is 6.63. The van der Waals surface area contributed by atoms with E-state index >= 15 is 0 Å². The van der Waals surface area contributed by atoms with Crippen molar-refractivity contribution in [3.05, 3.63) is 57.1 Å². The van der Waals surface area contributed by atoms with E-state index in [0.29, 0.717) is 10.0 Å². The molecule has 0 bridgehead atoms. The number of benzene rings is 2. The first kappa shape index (κ1) is 22.9. The molecule has 1 aliphatic rings. The minimum atomic E-state index is -0.115. The molecule has 1 aliphatic heterocycles. The molecule has 3 nitrogen and oxygen atoms in total. The van der Waals surface area contributed by atoms with Crippen LogP contribution in [0.5, 0.6) is 0 Å². The molecule has 28 heavy (non-hydrogen) atoms. The van der Waals surface area contributed by atoms with Crippen LogP contribution in [0.15, 0.2) is 30.3 Å². The van der Waals surface area contributed by atoms with Gasteiger partial charge in [0.05, 0.1) is 10.0 Å². The van der Waals surface area contributed by atoms with E-state index in [1.807, 2.05) is 13.0 Å². The van der Waals surface area contributed by atoms with Gasteiger partial charge in [-0.15, -0.1) is 12.4 Å². The highest BCUT2D eigenvalue weighted by molar-refractivity contribution is 6.43. The monoisotopic (exact) mass is 440 g/mol. The maximum atomic E-state index is 11.6. The van der Waals surface area contributed by atoms with Crippen LogP contribution in [0.1, 0.15) is 49.3 Å². The number of carbonyl (C=O) groups is 1. The van der Waals surface area contributed by atoms with Gasteiger partial charge in [-0.1, -0.05) is 42.3 Å². The van der Waals surface area contributed by atoms with Crippen molar-refractivity contribution in [2.75, 3.05) is 23.3 Å². The molecule has 1 heterocycles. The van der Waals surface area contributed by atoms with Gasteiger partial charge in [0, 0.05) is 31.4 Å². The third-order valence-corrected chi connectivity index (χ3v) is 6.16. The van der Waals surface area contributed by atoms with Gasteiger partial charge >= 0.3 is 0 Å². The summed E-state index contributed by atoms with van der Waals surface area (Å²) < 4.78 is 0. The zero-order valence-electron chi connectivity index (χ0n) is 16.5. The zero-order chi connectivity index (χ0) is 19.6. The molecule has 0 radical (unpaired) electrons. The SMILES string of the molecule is CC(=O)Nc1cc(C)c(Cl)c(Cl)c1[C@@H](C)Cc1ccc(N2CCCC2)cc1.Cl. The lowest BCUT2D eigenvalue weighted by Gasteiger charge is -2.21.